The van der Waals surface area contributed by atoms with Crippen LogP contribution < -0.4 is 4.74 Å². The molecule has 0 spiro atoms. The van der Waals surface area contributed by atoms with Crippen LogP contribution in [0.2, 0.25) is 0 Å². The largest absolute Gasteiger partial charge is 0.463 e. The number of allylic oxidation sites excluding steroid dienone is 1. The number of ether oxygens (including phenoxy) is 2. The Balaban J connectivity index is 2.38. The van der Waals surface area contributed by atoms with Crippen molar-refractivity contribution in [1.29, 1.82) is 0 Å². The number of carbonyl (C=O) groups is 1. The zero-order chi connectivity index (χ0) is 13.8. The van der Waals surface area contributed by atoms with E-state index in [4.69, 9.17) is 9.47 Å². The van der Waals surface area contributed by atoms with Crippen molar-refractivity contribution >= 4 is 28.0 Å². The lowest BCUT2D eigenvalue weighted by Crippen LogP contribution is -2.13. The summed E-state index contributed by atoms with van der Waals surface area (Å²) in [7, 11) is 0. The Morgan fingerprint density at radius 1 is 1.32 bits per heavy atom. The van der Waals surface area contributed by atoms with Crippen LogP contribution in [-0.2, 0) is 9.53 Å². The second kappa shape index (κ2) is 6.06. The van der Waals surface area contributed by atoms with E-state index in [9.17, 15) is 4.79 Å². The van der Waals surface area contributed by atoms with Gasteiger partial charge in [-0.15, -0.1) is 0 Å². The van der Waals surface area contributed by atoms with Crippen LogP contribution in [0.5, 0.6) is 5.75 Å². The van der Waals surface area contributed by atoms with E-state index in [1.807, 2.05) is 37.3 Å². The predicted octanol–water partition coefficient (Wildman–Crippen LogP) is 4.08. The highest BCUT2D eigenvalue weighted by Crippen LogP contribution is 2.34. The van der Waals surface area contributed by atoms with Gasteiger partial charge >= 0.3 is 5.97 Å². The van der Waals surface area contributed by atoms with Gasteiger partial charge < -0.3 is 9.47 Å². The third-order valence-corrected chi connectivity index (χ3v) is 3.50. The smallest absolute Gasteiger partial charge is 0.337 e. The van der Waals surface area contributed by atoms with Crippen molar-refractivity contribution in [1.82, 2.24) is 0 Å². The molecule has 0 fully saturated rings. The fourth-order valence-corrected chi connectivity index (χ4v) is 2.36. The monoisotopic (exact) mass is 322 g/mol. The maximum atomic E-state index is 11.8. The second-order valence-corrected chi connectivity index (χ2v) is 4.86. The maximum Gasteiger partial charge on any atom is 0.337 e. The summed E-state index contributed by atoms with van der Waals surface area (Å²) >= 11 is 3.47. The topological polar surface area (TPSA) is 35.5 Å². The second-order valence-electron chi connectivity index (χ2n) is 4.00. The highest BCUT2D eigenvalue weighted by Gasteiger charge is 2.19. The van der Waals surface area contributed by atoms with Gasteiger partial charge in [0.2, 0.25) is 0 Å². The van der Waals surface area contributed by atoms with Crippen molar-refractivity contribution < 1.29 is 14.3 Å². The number of hydrogen-bond acceptors (Lipinski definition) is 3. The number of esters is 1. The molecular formula is C15H15BrO3. The summed E-state index contributed by atoms with van der Waals surface area (Å²) in [5, 5.41) is 0. The molecule has 0 saturated carbocycles. The number of hydrogen-bond donors (Lipinski definition) is 0. The molecule has 2 rings (SSSR count). The first-order valence-electron chi connectivity index (χ1n) is 6.22. The zero-order valence-electron chi connectivity index (χ0n) is 10.9. The fraction of sp³-hybridized carbons (Fsp3) is 0.267. The Labute approximate surface area is 121 Å². The highest BCUT2D eigenvalue weighted by molar-refractivity contribution is 9.10. The minimum atomic E-state index is -0.317. The van der Waals surface area contributed by atoms with Crippen molar-refractivity contribution in [2.45, 2.75) is 20.3 Å². The van der Waals surface area contributed by atoms with Crippen molar-refractivity contribution in [2.75, 3.05) is 6.61 Å². The van der Waals surface area contributed by atoms with Crippen LogP contribution in [0.25, 0.3) is 6.08 Å². The Hall–Kier alpha value is -1.55. The van der Waals surface area contributed by atoms with Crippen molar-refractivity contribution in [3.05, 3.63) is 45.6 Å². The molecule has 1 aliphatic rings. The lowest BCUT2D eigenvalue weighted by Gasteiger charge is -2.18. The molecule has 0 N–H and O–H groups in total. The van der Waals surface area contributed by atoms with Crippen LogP contribution in [0.3, 0.4) is 0 Å². The van der Waals surface area contributed by atoms with Gasteiger partial charge in [-0.2, -0.15) is 0 Å². The Bertz CT molecular complexity index is 559. The average molecular weight is 323 g/mol. The highest BCUT2D eigenvalue weighted by atomic mass is 79.9. The summed E-state index contributed by atoms with van der Waals surface area (Å²) in [6.45, 7) is 4.06. The van der Waals surface area contributed by atoms with Crippen LogP contribution in [0.4, 0.5) is 0 Å². The minimum Gasteiger partial charge on any atom is -0.463 e. The molecule has 4 heteroatoms. The van der Waals surface area contributed by atoms with E-state index in [0.29, 0.717) is 24.4 Å². The Morgan fingerprint density at radius 2 is 2.11 bits per heavy atom. The van der Waals surface area contributed by atoms with Gasteiger partial charge in [0, 0.05) is 10.0 Å². The van der Waals surface area contributed by atoms with Crippen LogP contribution in [0, 0.1) is 0 Å². The lowest BCUT2D eigenvalue weighted by atomic mass is 10.1. The molecule has 0 bridgehead atoms. The summed E-state index contributed by atoms with van der Waals surface area (Å²) in [6.07, 6.45) is 4.32. The van der Waals surface area contributed by atoms with Gasteiger partial charge in [-0.1, -0.05) is 28.9 Å². The first-order valence-corrected chi connectivity index (χ1v) is 7.01. The quantitative estimate of drug-likeness (QED) is 0.621. The molecular weight excluding hydrogens is 308 g/mol. The number of rotatable bonds is 3. The molecule has 19 heavy (non-hydrogen) atoms. The third-order valence-electron chi connectivity index (χ3n) is 2.81. The van der Waals surface area contributed by atoms with E-state index in [0.717, 1.165) is 15.8 Å². The van der Waals surface area contributed by atoms with Crippen molar-refractivity contribution in [2.24, 2.45) is 0 Å². The Kier molecular flexibility index (Phi) is 4.43. The lowest BCUT2D eigenvalue weighted by molar-refractivity contribution is -0.138. The summed E-state index contributed by atoms with van der Waals surface area (Å²) in [4.78, 5) is 11.8. The first kappa shape index (κ1) is 13.9. The van der Waals surface area contributed by atoms with Crippen LogP contribution in [-0.4, -0.2) is 12.6 Å². The van der Waals surface area contributed by atoms with Crippen LogP contribution >= 0.6 is 15.9 Å². The SMILES string of the molecule is CCOC(=O)/C(CC)=C1\C=Cc2c(Br)cccc2O1. The minimum absolute atomic E-state index is 0.317. The molecule has 0 saturated heterocycles. The molecule has 100 valence electrons. The Morgan fingerprint density at radius 3 is 2.79 bits per heavy atom. The van der Waals surface area contributed by atoms with E-state index >= 15 is 0 Å². The predicted molar refractivity (Wildman–Crippen MR) is 77.8 cm³/mol. The standard InChI is InChI=1S/C15H15BrO3/c1-3-10(15(17)18-4-2)14-9-8-11-12(16)6-5-7-13(11)19-14/h5-9H,3-4H2,1-2H3/b14-10+. The van der Waals surface area contributed by atoms with Gasteiger partial charge in [0.05, 0.1) is 12.2 Å². The molecule has 0 aromatic heterocycles. The van der Waals surface area contributed by atoms with Gasteiger partial charge in [0.1, 0.15) is 11.5 Å². The molecule has 1 aliphatic heterocycles. The fourth-order valence-electron chi connectivity index (χ4n) is 1.88. The molecule has 0 unspecified atom stereocenters. The van der Waals surface area contributed by atoms with E-state index in [-0.39, 0.29) is 5.97 Å². The summed E-state index contributed by atoms with van der Waals surface area (Å²) < 4.78 is 11.8. The van der Waals surface area contributed by atoms with E-state index in [2.05, 4.69) is 15.9 Å². The van der Waals surface area contributed by atoms with Crippen LogP contribution in [0.15, 0.2) is 40.1 Å². The maximum absolute atomic E-state index is 11.8. The van der Waals surface area contributed by atoms with E-state index in [1.54, 1.807) is 6.92 Å². The van der Waals surface area contributed by atoms with Crippen molar-refractivity contribution in [3.63, 3.8) is 0 Å². The summed E-state index contributed by atoms with van der Waals surface area (Å²) in [5.74, 6) is 0.983. The van der Waals surface area contributed by atoms with Crippen LogP contribution in [0.1, 0.15) is 25.8 Å². The van der Waals surface area contributed by atoms with Crippen molar-refractivity contribution in [3.8, 4) is 5.75 Å². The van der Waals surface area contributed by atoms with E-state index in [1.165, 1.54) is 0 Å². The van der Waals surface area contributed by atoms with Gasteiger partial charge in [-0.3, -0.25) is 0 Å². The number of fused-ring (bicyclic) bond motifs is 1. The molecule has 1 aromatic carbocycles. The molecule has 0 aliphatic carbocycles. The zero-order valence-corrected chi connectivity index (χ0v) is 12.5. The molecule has 0 atom stereocenters. The van der Waals surface area contributed by atoms with Gasteiger partial charge in [-0.05, 0) is 37.6 Å². The average Bonchev–Trinajstić information content (AvgIpc) is 2.40. The summed E-state index contributed by atoms with van der Waals surface area (Å²) in [6, 6.07) is 5.73. The molecule has 0 amide bonds. The number of carbonyl (C=O) groups excluding carboxylic acids is 1. The van der Waals surface area contributed by atoms with Gasteiger partial charge in [0.15, 0.2) is 0 Å². The number of benzene rings is 1. The van der Waals surface area contributed by atoms with Gasteiger partial charge in [-0.25, -0.2) is 4.79 Å². The summed E-state index contributed by atoms with van der Waals surface area (Å²) in [5.41, 5.74) is 1.54. The van der Waals surface area contributed by atoms with Gasteiger partial charge in [0.25, 0.3) is 0 Å². The number of halogens is 1. The third kappa shape index (κ3) is 2.89. The normalized spacial score (nSPS) is 15.5. The molecule has 3 nitrogen and oxygen atoms in total. The molecule has 1 heterocycles. The van der Waals surface area contributed by atoms with E-state index < -0.39 is 0 Å². The molecule has 1 aromatic rings. The molecule has 0 radical (unpaired) electrons. The first-order chi connectivity index (χ1) is 9.17.